The number of Topliss-reactive ketones (excluding diaryl/α,β-unsaturated/α-hetero) is 1. The zero-order valence-electron chi connectivity index (χ0n) is 42.4. The Morgan fingerprint density at radius 3 is 1.62 bits per heavy atom. The van der Waals surface area contributed by atoms with Crippen LogP contribution in [0.4, 0.5) is 0 Å². The van der Waals surface area contributed by atoms with Gasteiger partial charge in [0.15, 0.2) is 25.0 Å². The fourth-order valence-electron chi connectivity index (χ4n) is 9.34. The smallest absolute Gasteiger partial charge is 0.308 e. The number of carbonyl (C=O) groups is 2. The van der Waals surface area contributed by atoms with Gasteiger partial charge < -0.3 is 56.8 Å². The molecule has 0 aliphatic carbocycles. The number of esters is 1. The summed E-state index contributed by atoms with van der Waals surface area (Å²) in [5.74, 6) is -3.69. The van der Waals surface area contributed by atoms with Crippen LogP contribution in [0.1, 0.15) is 107 Å². The third kappa shape index (κ3) is 14.4. The molecule has 3 fully saturated rings. The number of ketones is 1. The van der Waals surface area contributed by atoms with Crippen LogP contribution in [-0.2, 0) is 81.5 Å². The quantitative estimate of drug-likeness (QED) is 0.0334. The van der Waals surface area contributed by atoms with Crippen molar-refractivity contribution < 1.29 is 66.4 Å². The number of hydrogen-bond donors (Lipinski definition) is 0. The second-order valence-electron chi connectivity index (χ2n) is 18.9. The molecule has 0 spiro atoms. The number of carbonyl (C=O) groups excluding carboxylic acids is 2. The largest absolute Gasteiger partial charge is 0.457 e. The summed E-state index contributed by atoms with van der Waals surface area (Å²) in [5.41, 5.74) is 3.35. The normalized spacial score (nSPS) is 30.0. The van der Waals surface area contributed by atoms with Crippen molar-refractivity contribution in [2.75, 3.05) is 20.8 Å². The van der Waals surface area contributed by atoms with Gasteiger partial charge >= 0.3 is 5.97 Å². The van der Waals surface area contributed by atoms with Crippen molar-refractivity contribution >= 4 is 11.8 Å². The van der Waals surface area contributed by atoms with Crippen molar-refractivity contribution in [3.8, 4) is 0 Å². The maximum absolute atomic E-state index is 13.7. The number of fused-ring (bicyclic) bond motifs is 1. The Bertz CT molecular complexity index is 2180. The molecule has 4 aromatic carbocycles. The first-order valence-electron chi connectivity index (χ1n) is 25.2. The predicted molar refractivity (Wildman–Crippen MR) is 264 cm³/mol. The van der Waals surface area contributed by atoms with E-state index in [1.165, 1.54) is 14.2 Å². The number of hydrogen-bond acceptors (Lipinski definition) is 14. The number of rotatable bonds is 26. The summed E-state index contributed by atoms with van der Waals surface area (Å²) in [6.07, 6.45) is -3.83. The molecule has 3 aliphatic heterocycles. The molecule has 3 heterocycles. The van der Waals surface area contributed by atoms with Crippen LogP contribution in [-0.4, -0.2) is 112 Å². The van der Waals surface area contributed by atoms with Crippen molar-refractivity contribution in [1.29, 1.82) is 0 Å². The topological polar surface area (TPSA) is 145 Å². The van der Waals surface area contributed by atoms with Crippen molar-refractivity contribution in [2.45, 2.75) is 178 Å². The standard InChI is InChI=1S/C57H74O14/c1-8-9-10-11-24-33-45(34-47(59)62-38-46(58)44-31-22-15-23-32-44)68-55-53(51-49(40(3)67-55)70-56(4,60-6)57(5,61-7)71-51)69-54-52(65-37-43-29-20-14-21-30-43)50(64-36-42-27-18-13-19-28-42)48(39(2)66-54)63-35-41-25-16-12-17-26-41/h12-23,25-32,39-40,45,48-55H,8-11,24,33-38H2,1-7H3/t39-,40-,45+,48-,49-,50+,51+,52+,53+,54-,55-,56+,57+/m0/s1. The summed E-state index contributed by atoms with van der Waals surface area (Å²) in [4.78, 5) is 26.6. The van der Waals surface area contributed by atoms with E-state index >= 15 is 0 Å². The van der Waals surface area contributed by atoms with Crippen LogP contribution >= 0.6 is 0 Å². The SMILES string of the molecule is CCCCCCC[C@H](CC(=O)OCC(=O)c1ccccc1)O[C@@H]1O[C@@H](C)[C@@H]2O[C@@](C)(OC)[C@](C)(OC)O[C@H]2[C@H]1O[C@@H]1O[C@@H](C)[C@H](OCc2ccccc2)[C@@H](OCc2ccccc2)[C@H]1OCc1ccccc1. The molecule has 3 saturated heterocycles. The lowest BCUT2D eigenvalue weighted by Crippen LogP contribution is -2.73. The zero-order chi connectivity index (χ0) is 50.2. The van der Waals surface area contributed by atoms with E-state index < -0.39 is 91.7 Å². The molecule has 4 aromatic rings. The first-order valence-corrected chi connectivity index (χ1v) is 25.2. The molecule has 0 saturated carbocycles. The van der Waals surface area contributed by atoms with E-state index in [1.807, 2.05) is 111 Å². The van der Waals surface area contributed by atoms with Gasteiger partial charge in [0.1, 0.15) is 36.6 Å². The molecule has 3 aliphatic rings. The fraction of sp³-hybridized carbons (Fsp3) is 0.544. The van der Waals surface area contributed by atoms with Gasteiger partial charge in [-0.2, -0.15) is 0 Å². The van der Waals surface area contributed by atoms with Crippen LogP contribution < -0.4 is 0 Å². The van der Waals surface area contributed by atoms with Gasteiger partial charge in [0.25, 0.3) is 0 Å². The second kappa shape index (κ2) is 26.5. The highest BCUT2D eigenvalue weighted by atomic mass is 16.8. The molecular formula is C57H74O14. The van der Waals surface area contributed by atoms with E-state index in [2.05, 4.69) is 6.92 Å². The molecule has 0 radical (unpaired) electrons. The van der Waals surface area contributed by atoms with E-state index in [4.69, 9.17) is 56.8 Å². The summed E-state index contributed by atoms with van der Waals surface area (Å²) in [6, 6.07) is 38.5. The number of benzene rings is 4. The highest BCUT2D eigenvalue weighted by Gasteiger charge is 2.63. The van der Waals surface area contributed by atoms with Crippen molar-refractivity contribution in [3.05, 3.63) is 144 Å². The van der Waals surface area contributed by atoms with E-state index in [0.29, 0.717) is 18.6 Å². The molecule has 0 bridgehead atoms. The van der Waals surface area contributed by atoms with Crippen molar-refractivity contribution in [3.63, 3.8) is 0 Å². The van der Waals surface area contributed by atoms with Crippen LogP contribution in [0.5, 0.6) is 0 Å². The molecule has 14 nitrogen and oxygen atoms in total. The van der Waals surface area contributed by atoms with Crippen molar-refractivity contribution in [2.24, 2.45) is 0 Å². The molecule has 14 heteroatoms. The Labute approximate surface area is 419 Å². The Hall–Kier alpha value is -4.42. The molecule has 71 heavy (non-hydrogen) atoms. The molecule has 0 amide bonds. The molecule has 13 atom stereocenters. The summed E-state index contributed by atoms with van der Waals surface area (Å²) in [5, 5.41) is 0. The molecule has 0 aromatic heterocycles. The van der Waals surface area contributed by atoms with Gasteiger partial charge in [-0.15, -0.1) is 0 Å². The van der Waals surface area contributed by atoms with Crippen LogP contribution in [0.3, 0.4) is 0 Å². The molecular weight excluding hydrogens is 909 g/mol. The first-order chi connectivity index (χ1) is 34.4. The van der Waals surface area contributed by atoms with Crippen LogP contribution in [0.15, 0.2) is 121 Å². The van der Waals surface area contributed by atoms with Gasteiger partial charge in [0, 0.05) is 19.8 Å². The summed E-state index contributed by atoms with van der Waals surface area (Å²) < 4.78 is 79.8. The lowest BCUT2D eigenvalue weighted by molar-refractivity contribution is -0.486. The van der Waals surface area contributed by atoms with Gasteiger partial charge in [-0.3, -0.25) is 9.59 Å². The predicted octanol–water partition coefficient (Wildman–Crippen LogP) is 9.69. The average molecular weight is 983 g/mol. The summed E-state index contributed by atoms with van der Waals surface area (Å²) >= 11 is 0. The van der Waals surface area contributed by atoms with Gasteiger partial charge in [-0.25, -0.2) is 0 Å². The van der Waals surface area contributed by atoms with Crippen molar-refractivity contribution in [1.82, 2.24) is 0 Å². The Balaban J connectivity index is 1.23. The lowest BCUT2D eigenvalue weighted by Gasteiger charge is -2.57. The number of ether oxygens (including phenoxy) is 12. The van der Waals surface area contributed by atoms with Crippen LogP contribution in [0.25, 0.3) is 0 Å². The van der Waals surface area contributed by atoms with Gasteiger partial charge in [-0.1, -0.05) is 160 Å². The highest BCUT2D eigenvalue weighted by Crippen LogP contribution is 2.46. The van der Waals surface area contributed by atoms with Gasteiger partial charge in [-0.05, 0) is 50.8 Å². The Morgan fingerprint density at radius 1 is 0.577 bits per heavy atom. The second-order valence-corrected chi connectivity index (χ2v) is 18.9. The van der Waals surface area contributed by atoms with E-state index in [0.717, 1.165) is 48.8 Å². The molecule has 0 N–H and O–H groups in total. The van der Waals surface area contributed by atoms with E-state index in [-0.39, 0.29) is 25.4 Å². The molecule has 386 valence electrons. The minimum atomic E-state index is -1.44. The number of methoxy groups -OCH3 is 2. The van der Waals surface area contributed by atoms with Crippen LogP contribution in [0.2, 0.25) is 0 Å². The highest BCUT2D eigenvalue weighted by molar-refractivity contribution is 5.97. The third-order valence-corrected chi connectivity index (χ3v) is 13.7. The van der Waals surface area contributed by atoms with Gasteiger partial charge in [0.05, 0.1) is 44.6 Å². The maximum Gasteiger partial charge on any atom is 0.308 e. The van der Waals surface area contributed by atoms with Crippen LogP contribution in [0, 0.1) is 0 Å². The lowest BCUT2D eigenvalue weighted by atomic mass is 9.93. The molecule has 0 unspecified atom stereocenters. The first kappa shape index (κ1) is 54.4. The van der Waals surface area contributed by atoms with E-state index in [9.17, 15) is 9.59 Å². The maximum atomic E-state index is 13.7. The Morgan fingerprint density at radius 2 is 1.07 bits per heavy atom. The minimum absolute atomic E-state index is 0.143. The zero-order valence-corrected chi connectivity index (χ0v) is 42.4. The summed E-state index contributed by atoms with van der Waals surface area (Å²) in [7, 11) is 3.06. The average Bonchev–Trinajstić information content (AvgIpc) is 3.39. The monoisotopic (exact) mass is 983 g/mol. The minimum Gasteiger partial charge on any atom is -0.457 e. The van der Waals surface area contributed by atoms with Gasteiger partial charge in [0.2, 0.25) is 11.6 Å². The Kier molecular flexibility index (Phi) is 20.3. The number of unbranched alkanes of at least 4 members (excludes halogenated alkanes) is 4. The fourth-order valence-corrected chi connectivity index (χ4v) is 9.34. The summed E-state index contributed by atoms with van der Waals surface area (Å²) in [6.45, 7) is 9.83. The molecule has 7 rings (SSSR count). The van der Waals surface area contributed by atoms with E-state index in [1.54, 1.807) is 38.1 Å². The third-order valence-electron chi connectivity index (χ3n) is 13.7.